The molecule has 7 nitrogen and oxygen atoms in total. The molecule has 0 atom stereocenters. The minimum atomic E-state index is -0.155. The number of rotatable bonds is 4. The number of nitrogens with zero attached hydrogens (tertiary/aromatic N) is 4. The van der Waals surface area contributed by atoms with E-state index in [1.165, 1.54) is 0 Å². The van der Waals surface area contributed by atoms with Crippen molar-refractivity contribution < 1.29 is 9.59 Å². The van der Waals surface area contributed by atoms with Crippen molar-refractivity contribution in [1.82, 2.24) is 24.3 Å². The Morgan fingerprint density at radius 2 is 1.85 bits per heavy atom. The number of halogens is 2. The highest BCUT2D eigenvalue weighted by atomic mass is 35.5. The van der Waals surface area contributed by atoms with E-state index in [2.05, 4.69) is 9.97 Å². The number of aryl methyl sites for hydroxylation is 1. The summed E-state index contributed by atoms with van der Waals surface area (Å²) in [5, 5.41) is 2.06. The van der Waals surface area contributed by atoms with Gasteiger partial charge >= 0.3 is 0 Å². The lowest BCUT2D eigenvalue weighted by atomic mass is 10.2. The number of carbonyl (C=O) groups is 2. The van der Waals surface area contributed by atoms with Crippen molar-refractivity contribution in [3.63, 3.8) is 0 Å². The zero-order valence-corrected chi connectivity index (χ0v) is 20.3. The second-order valence-corrected chi connectivity index (χ2v) is 9.42. The normalized spacial score (nSPS) is 14.3. The lowest BCUT2D eigenvalue weighted by Gasteiger charge is -2.34. The molecule has 4 aromatic rings. The number of hydrogen-bond acceptors (Lipinski definition) is 3. The number of hydrogen-bond donors (Lipinski definition) is 1. The number of aromatic nitrogens is 3. The fourth-order valence-corrected chi connectivity index (χ4v) is 5.10. The molecule has 0 aliphatic carbocycles. The number of carbonyl (C=O) groups excluding carboxylic acids is 2. The Kier molecular flexibility index (Phi) is 5.83. The molecule has 4 heterocycles. The third-order valence-corrected chi connectivity index (χ3v) is 6.65. The maximum Gasteiger partial charge on any atom is 0.256 e. The first-order valence-electron chi connectivity index (χ1n) is 10.9. The van der Waals surface area contributed by atoms with E-state index in [1.54, 1.807) is 28.3 Å². The monoisotopic (exact) mass is 495 g/mol. The van der Waals surface area contributed by atoms with Crippen molar-refractivity contribution in [3.05, 3.63) is 81.5 Å². The standard InChI is InChI=1S/C25H23Cl2N5O2/c1-15-7-22(16(2)32(15)21-10-18(26)9-19(27)11-21)25(34)31-6-5-30(24(33)14-31)13-20-8-17-12-28-4-3-23(17)29-20/h3-4,7-12,29H,5-6,13-14H2,1-2H3. The molecule has 174 valence electrons. The number of aromatic amines is 1. The highest BCUT2D eigenvalue weighted by molar-refractivity contribution is 6.34. The average Bonchev–Trinajstić information content (AvgIpc) is 3.33. The number of benzene rings is 1. The molecule has 1 saturated heterocycles. The van der Waals surface area contributed by atoms with Crippen LogP contribution < -0.4 is 0 Å². The Morgan fingerprint density at radius 3 is 2.56 bits per heavy atom. The van der Waals surface area contributed by atoms with Crippen LogP contribution in [0.5, 0.6) is 0 Å². The van der Waals surface area contributed by atoms with Crippen LogP contribution in [0.25, 0.3) is 16.6 Å². The lowest BCUT2D eigenvalue weighted by Crippen LogP contribution is -2.51. The summed E-state index contributed by atoms with van der Waals surface area (Å²) in [6, 6.07) is 11.1. The topological polar surface area (TPSA) is 74.2 Å². The van der Waals surface area contributed by atoms with Crippen LogP contribution >= 0.6 is 23.2 Å². The molecule has 3 aromatic heterocycles. The second kappa shape index (κ2) is 8.81. The van der Waals surface area contributed by atoms with Gasteiger partial charge in [-0.1, -0.05) is 23.2 Å². The van der Waals surface area contributed by atoms with Crippen molar-refractivity contribution in [2.45, 2.75) is 20.4 Å². The summed E-state index contributed by atoms with van der Waals surface area (Å²) in [4.78, 5) is 37.1. The van der Waals surface area contributed by atoms with E-state index in [0.717, 1.165) is 33.7 Å². The Labute approximate surface area is 206 Å². The first-order valence-corrected chi connectivity index (χ1v) is 11.7. The zero-order valence-electron chi connectivity index (χ0n) is 18.8. The quantitative estimate of drug-likeness (QED) is 0.443. The van der Waals surface area contributed by atoms with Crippen LogP contribution in [-0.2, 0) is 11.3 Å². The van der Waals surface area contributed by atoms with E-state index in [4.69, 9.17) is 23.2 Å². The first-order chi connectivity index (χ1) is 16.3. The largest absolute Gasteiger partial charge is 0.357 e. The van der Waals surface area contributed by atoms with Crippen LogP contribution in [0.15, 0.2) is 48.8 Å². The smallest absolute Gasteiger partial charge is 0.256 e. The molecule has 1 N–H and O–H groups in total. The molecule has 1 aliphatic heterocycles. The Bertz CT molecular complexity index is 1370. The zero-order chi connectivity index (χ0) is 24.0. The predicted octanol–water partition coefficient (Wildman–Crippen LogP) is 4.76. The van der Waals surface area contributed by atoms with E-state index < -0.39 is 0 Å². The Balaban J connectivity index is 1.32. The van der Waals surface area contributed by atoms with Crippen molar-refractivity contribution >= 4 is 45.9 Å². The van der Waals surface area contributed by atoms with Crippen LogP contribution in [0.2, 0.25) is 10.0 Å². The van der Waals surface area contributed by atoms with Gasteiger partial charge in [0, 0.05) is 69.2 Å². The Morgan fingerprint density at radius 1 is 1.09 bits per heavy atom. The molecule has 0 radical (unpaired) electrons. The van der Waals surface area contributed by atoms with Crippen molar-refractivity contribution in [2.75, 3.05) is 19.6 Å². The summed E-state index contributed by atoms with van der Waals surface area (Å²) in [5.74, 6) is -0.232. The molecule has 0 spiro atoms. The Hall–Kier alpha value is -3.29. The van der Waals surface area contributed by atoms with Gasteiger partial charge in [-0.3, -0.25) is 14.6 Å². The minimum absolute atomic E-state index is 0.0489. The molecular weight excluding hydrogens is 473 g/mol. The molecule has 9 heteroatoms. The van der Waals surface area contributed by atoms with Gasteiger partial charge in [-0.15, -0.1) is 0 Å². The third-order valence-electron chi connectivity index (χ3n) is 6.21. The summed E-state index contributed by atoms with van der Waals surface area (Å²) in [7, 11) is 0. The first kappa shape index (κ1) is 22.5. The van der Waals surface area contributed by atoms with Gasteiger partial charge in [-0.25, -0.2) is 0 Å². The molecule has 1 fully saturated rings. The number of piperazine rings is 1. The molecule has 5 rings (SSSR count). The van der Waals surface area contributed by atoms with E-state index >= 15 is 0 Å². The molecule has 34 heavy (non-hydrogen) atoms. The van der Waals surface area contributed by atoms with Crippen LogP contribution in [0.3, 0.4) is 0 Å². The fourth-order valence-electron chi connectivity index (χ4n) is 4.59. The lowest BCUT2D eigenvalue weighted by molar-refractivity contribution is -0.135. The summed E-state index contributed by atoms with van der Waals surface area (Å²) >= 11 is 12.4. The van der Waals surface area contributed by atoms with Gasteiger partial charge in [0.1, 0.15) is 6.54 Å². The highest BCUT2D eigenvalue weighted by Gasteiger charge is 2.30. The van der Waals surface area contributed by atoms with Crippen LogP contribution in [0.1, 0.15) is 27.4 Å². The number of H-pyrrole nitrogens is 1. The molecule has 1 aromatic carbocycles. The van der Waals surface area contributed by atoms with Crippen molar-refractivity contribution in [2.24, 2.45) is 0 Å². The minimum Gasteiger partial charge on any atom is -0.357 e. The molecule has 0 saturated carbocycles. The van der Waals surface area contributed by atoms with E-state index in [-0.39, 0.29) is 18.4 Å². The van der Waals surface area contributed by atoms with Crippen molar-refractivity contribution in [1.29, 1.82) is 0 Å². The van der Waals surface area contributed by atoms with Crippen LogP contribution in [0, 0.1) is 13.8 Å². The average molecular weight is 496 g/mol. The van der Waals surface area contributed by atoms with Gasteiger partial charge in [-0.2, -0.15) is 0 Å². The maximum absolute atomic E-state index is 13.4. The predicted molar refractivity (Wildman–Crippen MR) is 133 cm³/mol. The summed E-state index contributed by atoms with van der Waals surface area (Å²) < 4.78 is 1.95. The van der Waals surface area contributed by atoms with Crippen LogP contribution in [0.4, 0.5) is 0 Å². The van der Waals surface area contributed by atoms with E-state index in [0.29, 0.717) is 35.2 Å². The molecule has 1 aliphatic rings. The van der Waals surface area contributed by atoms with Crippen LogP contribution in [-0.4, -0.2) is 55.8 Å². The second-order valence-electron chi connectivity index (χ2n) is 8.55. The number of amides is 2. The SMILES string of the molecule is Cc1cc(C(=O)N2CCN(Cc3cc4cnccc4[nH]3)C(=O)C2)c(C)n1-c1cc(Cl)cc(Cl)c1. The summed E-state index contributed by atoms with van der Waals surface area (Å²) in [6.07, 6.45) is 3.53. The molecule has 2 amide bonds. The maximum atomic E-state index is 13.4. The fraction of sp³-hybridized carbons (Fsp3) is 0.240. The van der Waals surface area contributed by atoms with Gasteiger partial charge in [0.2, 0.25) is 5.91 Å². The van der Waals surface area contributed by atoms with E-state index in [9.17, 15) is 9.59 Å². The van der Waals surface area contributed by atoms with Crippen molar-refractivity contribution in [3.8, 4) is 5.69 Å². The van der Waals surface area contributed by atoms with Gasteiger partial charge in [0.15, 0.2) is 0 Å². The third kappa shape index (κ3) is 4.17. The highest BCUT2D eigenvalue weighted by Crippen LogP contribution is 2.27. The van der Waals surface area contributed by atoms with Gasteiger partial charge in [0.05, 0.1) is 12.1 Å². The number of fused-ring (bicyclic) bond motifs is 1. The number of pyridine rings is 1. The summed E-state index contributed by atoms with van der Waals surface area (Å²) in [6.45, 7) is 5.28. The number of nitrogens with one attached hydrogen (secondary N) is 1. The molecular formula is C25H23Cl2N5O2. The van der Waals surface area contributed by atoms with Gasteiger partial charge < -0.3 is 19.4 Å². The van der Waals surface area contributed by atoms with Gasteiger partial charge in [-0.05, 0) is 50.2 Å². The molecule has 0 unspecified atom stereocenters. The summed E-state index contributed by atoms with van der Waals surface area (Å²) in [5.41, 5.74) is 4.96. The molecule has 0 bridgehead atoms. The van der Waals surface area contributed by atoms with E-state index in [1.807, 2.05) is 48.7 Å². The van der Waals surface area contributed by atoms with Gasteiger partial charge in [0.25, 0.3) is 5.91 Å².